The molecule has 0 aliphatic carbocycles. The summed E-state index contributed by atoms with van der Waals surface area (Å²) in [6.45, 7) is 0. The topological polar surface area (TPSA) is 151 Å². The van der Waals surface area contributed by atoms with Gasteiger partial charge in [0, 0.05) is 4.43 Å². The van der Waals surface area contributed by atoms with E-state index < -0.39 is 42.0 Å². The van der Waals surface area contributed by atoms with Crippen molar-refractivity contribution in [2.75, 3.05) is 10.2 Å². The number of carbonyl (C=O) groups is 2. The van der Waals surface area contributed by atoms with Crippen LogP contribution in [0, 0.1) is 0 Å². The smallest absolute Gasteiger partial charge is 0.338 e. The number of halogens is 1. The maximum Gasteiger partial charge on any atom is 0.338 e. The molecule has 0 saturated carbocycles. The van der Waals surface area contributed by atoms with E-state index in [0.717, 1.165) is 0 Å². The van der Waals surface area contributed by atoms with E-state index in [2.05, 4.69) is 37.5 Å². The molecule has 184 valence electrons. The van der Waals surface area contributed by atoms with Crippen LogP contribution in [0.2, 0.25) is 0 Å². The van der Waals surface area contributed by atoms with Crippen molar-refractivity contribution in [3.05, 3.63) is 88.5 Å². The number of imidazole rings is 1. The molecule has 11 nitrogen and oxygen atoms in total. The van der Waals surface area contributed by atoms with Gasteiger partial charge in [-0.15, -0.1) is 0 Å². The Morgan fingerprint density at radius 2 is 1.58 bits per heavy atom. The van der Waals surface area contributed by atoms with Crippen LogP contribution in [0.25, 0.3) is 11.2 Å². The van der Waals surface area contributed by atoms with Crippen LogP contribution >= 0.6 is 22.6 Å². The number of carbonyl (C=O) groups excluding carboxylic acids is 2. The van der Waals surface area contributed by atoms with Gasteiger partial charge in [-0.05, 0) is 24.3 Å². The minimum Gasteiger partial charge on any atom is -0.452 e. The lowest BCUT2D eigenvalue weighted by Crippen LogP contribution is -2.40. The van der Waals surface area contributed by atoms with E-state index >= 15 is 0 Å². The number of rotatable bonds is 6. The molecule has 0 spiro atoms. The molecule has 4 atom stereocenters. The van der Waals surface area contributed by atoms with Crippen molar-refractivity contribution in [1.29, 1.82) is 0 Å². The summed E-state index contributed by atoms with van der Waals surface area (Å²) in [6, 6.07) is 16.9. The summed E-state index contributed by atoms with van der Waals surface area (Å²) in [5.41, 5.74) is 6.07. The monoisotopic (exact) mass is 601 g/mol. The van der Waals surface area contributed by atoms with Crippen molar-refractivity contribution < 1.29 is 23.8 Å². The Balaban J connectivity index is 1.55. The second-order valence-electron chi connectivity index (χ2n) is 7.97. The molecule has 2 aromatic heterocycles. The maximum atomic E-state index is 13.0. The molecule has 1 fully saturated rings. The first-order valence-electron chi connectivity index (χ1n) is 10.9. The molecular weight excluding hydrogens is 581 g/mol. The SMILES string of the molecule is Nc1nc2c(ncn2[C@@H]2O[C@H](CI)[C@@H](OC(=O)c3ccccc3)[C@@H]2OC(=O)c2ccccc2)c(=O)[nH]1. The zero-order valence-electron chi connectivity index (χ0n) is 18.6. The van der Waals surface area contributed by atoms with Crippen LogP contribution < -0.4 is 11.3 Å². The predicted octanol–water partition coefficient (Wildman–Crippen LogP) is 2.49. The molecule has 0 amide bonds. The summed E-state index contributed by atoms with van der Waals surface area (Å²) in [6.07, 6.45) is -2.31. The minimum absolute atomic E-state index is 0.0386. The molecule has 1 saturated heterocycles. The van der Waals surface area contributed by atoms with E-state index in [1.54, 1.807) is 60.7 Å². The molecule has 2 aromatic carbocycles. The van der Waals surface area contributed by atoms with Gasteiger partial charge in [0.05, 0.1) is 17.5 Å². The quantitative estimate of drug-likeness (QED) is 0.193. The number of anilines is 1. The third-order valence-corrected chi connectivity index (χ3v) is 6.54. The highest BCUT2D eigenvalue weighted by atomic mass is 127. The average molecular weight is 601 g/mol. The summed E-state index contributed by atoms with van der Waals surface area (Å²) in [5, 5.41) is 0. The Labute approximate surface area is 217 Å². The molecule has 3 N–H and O–H groups in total. The van der Waals surface area contributed by atoms with Gasteiger partial charge in [-0.1, -0.05) is 59.0 Å². The highest BCUT2D eigenvalue weighted by Gasteiger charge is 2.50. The number of hydrogen-bond donors (Lipinski definition) is 2. The first-order chi connectivity index (χ1) is 17.5. The van der Waals surface area contributed by atoms with E-state index in [4.69, 9.17) is 19.9 Å². The van der Waals surface area contributed by atoms with Gasteiger partial charge in [-0.3, -0.25) is 14.3 Å². The zero-order valence-corrected chi connectivity index (χ0v) is 20.8. The Morgan fingerprint density at radius 3 is 2.17 bits per heavy atom. The minimum atomic E-state index is -1.08. The van der Waals surface area contributed by atoms with Crippen LogP contribution in [0.15, 0.2) is 71.8 Å². The van der Waals surface area contributed by atoms with Crippen molar-refractivity contribution in [2.24, 2.45) is 0 Å². The average Bonchev–Trinajstić information content (AvgIpc) is 3.46. The van der Waals surface area contributed by atoms with Crippen molar-refractivity contribution in [3.63, 3.8) is 0 Å². The van der Waals surface area contributed by atoms with Crippen molar-refractivity contribution in [2.45, 2.75) is 24.5 Å². The van der Waals surface area contributed by atoms with E-state index in [1.165, 1.54) is 10.9 Å². The number of H-pyrrole nitrogens is 1. The molecule has 1 aliphatic rings. The van der Waals surface area contributed by atoms with Gasteiger partial charge < -0.3 is 19.9 Å². The summed E-state index contributed by atoms with van der Waals surface area (Å²) in [5.74, 6) is -1.32. The molecule has 3 heterocycles. The molecule has 36 heavy (non-hydrogen) atoms. The van der Waals surface area contributed by atoms with Crippen LogP contribution in [0.1, 0.15) is 26.9 Å². The molecule has 1 aliphatic heterocycles. The van der Waals surface area contributed by atoms with Gasteiger partial charge in [0.15, 0.2) is 29.6 Å². The Kier molecular flexibility index (Phi) is 6.69. The summed E-state index contributed by atoms with van der Waals surface area (Å²) in [4.78, 5) is 49.0. The fourth-order valence-electron chi connectivity index (χ4n) is 3.99. The molecular formula is C24H20IN5O6. The van der Waals surface area contributed by atoms with Crippen molar-refractivity contribution >= 4 is 51.6 Å². The molecule has 12 heteroatoms. The number of hydrogen-bond acceptors (Lipinski definition) is 9. The second kappa shape index (κ2) is 10.1. The van der Waals surface area contributed by atoms with Crippen LogP contribution in [0.4, 0.5) is 5.95 Å². The van der Waals surface area contributed by atoms with Gasteiger partial charge in [0.25, 0.3) is 5.56 Å². The number of esters is 2. The first kappa shape index (κ1) is 23.9. The third-order valence-electron chi connectivity index (χ3n) is 5.67. The Morgan fingerprint density at radius 1 is 1.00 bits per heavy atom. The predicted molar refractivity (Wildman–Crippen MR) is 137 cm³/mol. The number of benzene rings is 2. The van der Waals surface area contributed by atoms with Gasteiger partial charge in [0.1, 0.15) is 6.10 Å². The van der Waals surface area contributed by atoms with Crippen LogP contribution in [-0.2, 0) is 14.2 Å². The number of aromatic amines is 1. The van der Waals surface area contributed by atoms with Crippen molar-refractivity contribution in [1.82, 2.24) is 19.5 Å². The van der Waals surface area contributed by atoms with Crippen LogP contribution in [-0.4, -0.2) is 54.2 Å². The van der Waals surface area contributed by atoms with E-state index in [-0.39, 0.29) is 17.1 Å². The standard InChI is InChI=1S/C24H20IN5O6/c25-11-15-17(35-22(32)13-7-3-1-4-8-13)18(36-23(33)14-9-5-2-6-10-14)21(34-15)30-12-27-16-19(30)28-24(26)29-20(16)31/h1-10,12,15,17-18,21H,11H2,(H3,26,28,29,31)/t15-,17-,18+,21-/m1/s1. The Bertz CT molecular complexity index is 1460. The van der Waals surface area contributed by atoms with Gasteiger partial charge >= 0.3 is 11.9 Å². The number of ether oxygens (including phenoxy) is 3. The lowest BCUT2D eigenvalue weighted by atomic mass is 10.1. The van der Waals surface area contributed by atoms with Crippen LogP contribution in [0.5, 0.6) is 0 Å². The summed E-state index contributed by atoms with van der Waals surface area (Å²) >= 11 is 2.11. The number of nitrogen functional groups attached to an aromatic ring is 1. The highest BCUT2D eigenvalue weighted by Crippen LogP contribution is 2.37. The third kappa shape index (κ3) is 4.56. The second-order valence-corrected chi connectivity index (χ2v) is 8.85. The largest absolute Gasteiger partial charge is 0.452 e. The molecule has 5 rings (SSSR count). The number of nitrogens with one attached hydrogen (secondary N) is 1. The number of nitrogens with two attached hydrogens (primary N) is 1. The van der Waals surface area contributed by atoms with Gasteiger partial charge in [-0.25, -0.2) is 14.6 Å². The molecule has 0 radical (unpaired) electrons. The number of alkyl halides is 1. The lowest BCUT2D eigenvalue weighted by Gasteiger charge is -2.24. The summed E-state index contributed by atoms with van der Waals surface area (Å²) in [7, 11) is 0. The van der Waals surface area contributed by atoms with Crippen molar-refractivity contribution in [3.8, 4) is 0 Å². The first-order valence-corrected chi connectivity index (χ1v) is 12.4. The highest BCUT2D eigenvalue weighted by molar-refractivity contribution is 14.1. The molecule has 0 bridgehead atoms. The van der Waals surface area contributed by atoms with E-state index in [0.29, 0.717) is 15.6 Å². The zero-order chi connectivity index (χ0) is 25.2. The number of fused-ring (bicyclic) bond motifs is 1. The number of nitrogens with zero attached hydrogens (tertiary/aromatic N) is 3. The lowest BCUT2D eigenvalue weighted by molar-refractivity contribution is -0.0474. The van der Waals surface area contributed by atoms with E-state index in [1.807, 2.05) is 0 Å². The van der Waals surface area contributed by atoms with E-state index in [9.17, 15) is 14.4 Å². The Hall–Kier alpha value is -3.78. The normalized spacial score (nSPS) is 21.4. The molecule has 0 unspecified atom stereocenters. The van der Waals surface area contributed by atoms with Gasteiger partial charge in [-0.2, -0.15) is 4.98 Å². The van der Waals surface area contributed by atoms with Crippen LogP contribution in [0.3, 0.4) is 0 Å². The fourth-order valence-corrected chi connectivity index (χ4v) is 4.69. The fraction of sp³-hybridized carbons (Fsp3) is 0.208. The maximum absolute atomic E-state index is 13.0. The molecule has 4 aromatic rings. The van der Waals surface area contributed by atoms with Gasteiger partial charge in [0.2, 0.25) is 5.95 Å². The number of aromatic nitrogens is 4. The summed E-state index contributed by atoms with van der Waals surface area (Å²) < 4.78 is 19.8.